The third kappa shape index (κ3) is 7.74. The summed E-state index contributed by atoms with van der Waals surface area (Å²) in [7, 11) is -3.90. The van der Waals surface area contributed by atoms with Crippen molar-refractivity contribution in [2.45, 2.75) is 108 Å². The lowest BCUT2D eigenvalue weighted by Crippen LogP contribution is -2.60. The zero-order chi connectivity index (χ0) is 33.8. The lowest BCUT2D eigenvalue weighted by molar-refractivity contribution is -0.143. The van der Waals surface area contributed by atoms with E-state index in [2.05, 4.69) is 21.9 Å². The van der Waals surface area contributed by atoms with Crippen LogP contribution in [0.4, 0.5) is 4.79 Å². The molecule has 2 saturated carbocycles. The SMILES string of the molecule is C=C[C@@H]1C[C@]1(NC(=O)[C@@H]1C[C@@](O)(C2C=CC=C(Cl)C2)CN1C(=O)[C@@H](NC(=O)OC(C)(C)C)C(C)(C)C)C(=O)NS(=O)(=O)C1CC1. The summed E-state index contributed by atoms with van der Waals surface area (Å²) in [5.41, 5.74) is -4.83. The van der Waals surface area contributed by atoms with E-state index in [0.717, 1.165) is 0 Å². The van der Waals surface area contributed by atoms with Crippen molar-refractivity contribution in [3.05, 3.63) is 35.9 Å². The molecule has 3 aliphatic carbocycles. The number of amides is 4. The van der Waals surface area contributed by atoms with Crippen LogP contribution >= 0.6 is 11.6 Å². The summed E-state index contributed by atoms with van der Waals surface area (Å²) in [6.45, 7) is 13.8. The number of β-amino-alcohol motifs (C(OH)–C–C–N with tert-alkyl or cyclic N) is 1. The van der Waals surface area contributed by atoms with Gasteiger partial charge in [-0.2, -0.15) is 0 Å². The number of halogens is 1. The number of alkyl carbamates (subject to hydrolysis) is 1. The minimum atomic E-state index is -3.90. The van der Waals surface area contributed by atoms with Gasteiger partial charge in [-0.1, -0.05) is 50.6 Å². The number of sulfonamides is 1. The Kier molecular flexibility index (Phi) is 9.35. The average molecular weight is 669 g/mol. The highest BCUT2D eigenvalue weighted by molar-refractivity contribution is 7.91. The number of carbonyl (C=O) groups excluding carboxylic acids is 4. The number of allylic oxidation sites excluding steroid dienone is 3. The molecule has 3 fully saturated rings. The first kappa shape index (κ1) is 35.0. The number of aliphatic hydroxyl groups is 1. The highest BCUT2D eigenvalue weighted by atomic mass is 35.5. The fourth-order valence-electron chi connectivity index (χ4n) is 5.92. The molecule has 0 aromatic carbocycles. The number of hydrogen-bond donors (Lipinski definition) is 4. The minimum Gasteiger partial charge on any atom is -0.444 e. The smallest absolute Gasteiger partial charge is 0.408 e. The summed E-state index contributed by atoms with van der Waals surface area (Å²) >= 11 is 6.29. The van der Waals surface area contributed by atoms with Crippen LogP contribution in [0.1, 0.15) is 73.6 Å². The lowest BCUT2D eigenvalue weighted by atomic mass is 9.81. The van der Waals surface area contributed by atoms with Crippen LogP contribution in [-0.2, 0) is 29.1 Å². The van der Waals surface area contributed by atoms with E-state index in [1.807, 2.05) is 0 Å². The molecule has 250 valence electrons. The second kappa shape index (κ2) is 12.0. The van der Waals surface area contributed by atoms with Gasteiger partial charge in [0, 0.05) is 23.3 Å². The molecule has 14 heteroatoms. The summed E-state index contributed by atoms with van der Waals surface area (Å²) in [5.74, 6) is -3.31. The van der Waals surface area contributed by atoms with Crippen LogP contribution in [0.25, 0.3) is 0 Å². The largest absolute Gasteiger partial charge is 0.444 e. The number of nitrogens with zero attached hydrogens (tertiary/aromatic N) is 1. The van der Waals surface area contributed by atoms with Gasteiger partial charge in [-0.15, -0.1) is 6.58 Å². The van der Waals surface area contributed by atoms with Crippen molar-refractivity contribution in [1.29, 1.82) is 0 Å². The van der Waals surface area contributed by atoms with E-state index in [9.17, 15) is 32.7 Å². The fraction of sp³-hybridized carbons (Fsp3) is 0.677. The number of carbonyl (C=O) groups is 4. The molecule has 0 aromatic heterocycles. The van der Waals surface area contributed by atoms with Crippen molar-refractivity contribution in [3.63, 3.8) is 0 Å². The molecular formula is C31H45ClN4O8S. The predicted octanol–water partition coefficient (Wildman–Crippen LogP) is 2.63. The Morgan fingerprint density at radius 2 is 1.80 bits per heavy atom. The van der Waals surface area contributed by atoms with Gasteiger partial charge >= 0.3 is 6.09 Å². The first-order valence-corrected chi connectivity index (χ1v) is 17.1. The molecular weight excluding hydrogens is 624 g/mol. The maximum absolute atomic E-state index is 14.3. The molecule has 0 spiro atoms. The molecule has 1 saturated heterocycles. The number of ether oxygens (including phenoxy) is 1. The zero-order valence-corrected chi connectivity index (χ0v) is 28.3. The van der Waals surface area contributed by atoms with Crippen LogP contribution in [0.2, 0.25) is 0 Å². The second-order valence-electron chi connectivity index (χ2n) is 14.7. The normalized spacial score (nSPS) is 30.5. The van der Waals surface area contributed by atoms with E-state index in [-0.39, 0.29) is 25.8 Å². The van der Waals surface area contributed by atoms with E-state index < -0.39 is 85.2 Å². The topological polar surface area (TPSA) is 171 Å². The standard InChI is InChI=1S/C31H45ClN4O8S/c1-8-18-15-31(18,26(39)35-45(42,43)21-12-13-21)34-24(37)22-16-30(41,19-10-9-11-20(32)14-19)17-36(22)25(38)23(28(2,3)4)33-27(40)44-29(5,6)7/h8-11,18-19,21-23,41H,1,12-17H2,2-7H3,(H,33,40)(H,34,37)(H,35,39)/t18-,19?,22+,23-,30+,31-/m1/s1. The van der Waals surface area contributed by atoms with E-state index >= 15 is 0 Å². The van der Waals surface area contributed by atoms with Gasteiger partial charge in [-0.3, -0.25) is 19.1 Å². The van der Waals surface area contributed by atoms with Gasteiger partial charge in [-0.05, 0) is 57.9 Å². The summed E-state index contributed by atoms with van der Waals surface area (Å²) in [4.78, 5) is 55.7. The van der Waals surface area contributed by atoms with Crippen LogP contribution in [0.5, 0.6) is 0 Å². The Balaban J connectivity index is 1.64. The highest BCUT2D eigenvalue weighted by Gasteiger charge is 2.63. The van der Waals surface area contributed by atoms with Gasteiger partial charge in [0.25, 0.3) is 5.91 Å². The molecule has 6 atom stereocenters. The fourth-order valence-corrected chi connectivity index (χ4v) is 7.52. The average Bonchev–Trinajstić information content (AvgIpc) is 3.82. The first-order chi connectivity index (χ1) is 20.6. The molecule has 12 nitrogen and oxygen atoms in total. The minimum absolute atomic E-state index is 0.121. The summed E-state index contributed by atoms with van der Waals surface area (Å²) in [6, 6.07) is -2.42. The Morgan fingerprint density at radius 3 is 2.31 bits per heavy atom. The summed E-state index contributed by atoms with van der Waals surface area (Å²) < 4.78 is 32.6. The Morgan fingerprint density at radius 1 is 1.16 bits per heavy atom. The van der Waals surface area contributed by atoms with Gasteiger partial charge in [0.15, 0.2) is 0 Å². The third-order valence-electron chi connectivity index (χ3n) is 8.70. The van der Waals surface area contributed by atoms with Crippen LogP contribution in [0, 0.1) is 17.3 Å². The van der Waals surface area contributed by atoms with Gasteiger partial charge in [0.2, 0.25) is 21.8 Å². The van der Waals surface area contributed by atoms with Crippen LogP contribution in [0.15, 0.2) is 35.9 Å². The molecule has 4 aliphatic rings. The van der Waals surface area contributed by atoms with E-state index in [4.69, 9.17) is 16.3 Å². The lowest BCUT2D eigenvalue weighted by Gasteiger charge is -2.36. The third-order valence-corrected chi connectivity index (χ3v) is 10.8. The summed E-state index contributed by atoms with van der Waals surface area (Å²) in [6.07, 6.45) is 6.93. The molecule has 0 bridgehead atoms. The number of hydrogen-bond acceptors (Lipinski definition) is 8. The Hall–Kier alpha value is -2.90. The van der Waals surface area contributed by atoms with Crippen molar-refractivity contribution < 1.29 is 37.4 Å². The summed E-state index contributed by atoms with van der Waals surface area (Å²) in [5, 5.41) is 17.2. The number of likely N-dealkylation sites (tertiary alicyclic amines) is 1. The molecule has 1 unspecified atom stereocenters. The quantitative estimate of drug-likeness (QED) is 0.272. The molecule has 4 amide bonds. The molecule has 1 aliphatic heterocycles. The number of nitrogens with one attached hydrogen (secondary N) is 3. The molecule has 45 heavy (non-hydrogen) atoms. The Labute approximate surface area is 270 Å². The monoisotopic (exact) mass is 668 g/mol. The Bertz CT molecular complexity index is 1430. The van der Waals surface area contributed by atoms with Crippen molar-refractivity contribution >= 4 is 45.4 Å². The van der Waals surface area contributed by atoms with E-state index in [1.54, 1.807) is 59.8 Å². The van der Waals surface area contributed by atoms with Crippen LogP contribution in [0.3, 0.4) is 0 Å². The molecule has 4 N–H and O–H groups in total. The molecule has 1 heterocycles. The van der Waals surface area contributed by atoms with E-state index in [1.165, 1.54) is 11.0 Å². The molecule has 4 rings (SSSR count). The van der Waals surface area contributed by atoms with Crippen molar-refractivity contribution in [2.75, 3.05) is 6.54 Å². The number of rotatable bonds is 9. The van der Waals surface area contributed by atoms with Crippen LogP contribution in [-0.4, -0.2) is 82.9 Å². The maximum atomic E-state index is 14.3. The van der Waals surface area contributed by atoms with Gasteiger partial charge < -0.3 is 25.4 Å². The van der Waals surface area contributed by atoms with E-state index in [0.29, 0.717) is 17.9 Å². The second-order valence-corrected chi connectivity index (χ2v) is 17.2. The van der Waals surface area contributed by atoms with Crippen molar-refractivity contribution in [3.8, 4) is 0 Å². The van der Waals surface area contributed by atoms with Gasteiger partial charge in [0.1, 0.15) is 23.2 Å². The highest BCUT2D eigenvalue weighted by Crippen LogP contribution is 2.46. The molecule has 0 radical (unpaired) electrons. The predicted molar refractivity (Wildman–Crippen MR) is 168 cm³/mol. The van der Waals surface area contributed by atoms with Gasteiger partial charge in [0.05, 0.1) is 17.4 Å². The zero-order valence-electron chi connectivity index (χ0n) is 26.7. The van der Waals surface area contributed by atoms with Crippen LogP contribution < -0.4 is 15.4 Å². The first-order valence-electron chi connectivity index (χ1n) is 15.2. The van der Waals surface area contributed by atoms with Crippen molar-refractivity contribution in [1.82, 2.24) is 20.3 Å². The van der Waals surface area contributed by atoms with Gasteiger partial charge in [-0.25, -0.2) is 13.2 Å². The maximum Gasteiger partial charge on any atom is 0.408 e. The molecule has 0 aromatic rings. The van der Waals surface area contributed by atoms with Crippen molar-refractivity contribution in [2.24, 2.45) is 17.3 Å².